The number of carbonyl (C=O) groups is 2. The Hall–Kier alpha value is -3.52. The number of carbonyl (C=O) groups excluding carboxylic acids is 2. The minimum absolute atomic E-state index is 0.136. The monoisotopic (exact) mass is 395 g/mol. The first-order valence-corrected chi connectivity index (χ1v) is 8.82. The SMILES string of the molecule is O=C(NC1CN(C(=Cc2ccccc2)C(O)=S)C1=O)C(=NO)c1ccccc1. The fraction of sp³-hybridized carbons (Fsp3) is 0.100. The summed E-state index contributed by atoms with van der Waals surface area (Å²) < 4.78 is 0. The number of oxime groups is 1. The lowest BCUT2D eigenvalue weighted by molar-refractivity contribution is -0.142. The van der Waals surface area contributed by atoms with Gasteiger partial charge in [-0.05, 0) is 23.9 Å². The molecule has 8 heteroatoms. The zero-order valence-electron chi connectivity index (χ0n) is 14.6. The number of thiocarbonyl (C=S) groups is 1. The van der Waals surface area contributed by atoms with Crippen molar-refractivity contribution in [3.63, 3.8) is 0 Å². The highest BCUT2D eigenvalue weighted by Crippen LogP contribution is 2.21. The van der Waals surface area contributed by atoms with Crippen molar-refractivity contribution in [2.45, 2.75) is 6.04 Å². The molecule has 0 spiro atoms. The Morgan fingerprint density at radius 1 is 1.14 bits per heavy atom. The van der Waals surface area contributed by atoms with Crippen molar-refractivity contribution in [1.29, 1.82) is 0 Å². The minimum Gasteiger partial charge on any atom is -0.497 e. The van der Waals surface area contributed by atoms with Gasteiger partial charge in [0.15, 0.2) is 5.71 Å². The quantitative estimate of drug-likeness (QED) is 0.174. The second-order valence-electron chi connectivity index (χ2n) is 6.03. The van der Waals surface area contributed by atoms with E-state index in [1.807, 2.05) is 30.3 Å². The molecule has 2 aromatic rings. The predicted molar refractivity (Wildman–Crippen MR) is 108 cm³/mol. The number of hydrogen-bond donors (Lipinski definition) is 3. The molecule has 0 bridgehead atoms. The van der Waals surface area contributed by atoms with Crippen molar-refractivity contribution in [3.05, 3.63) is 77.5 Å². The summed E-state index contributed by atoms with van der Waals surface area (Å²) in [5.74, 6) is -1.09. The van der Waals surface area contributed by atoms with Gasteiger partial charge in [-0.1, -0.05) is 65.8 Å². The van der Waals surface area contributed by atoms with Gasteiger partial charge < -0.3 is 20.5 Å². The van der Waals surface area contributed by atoms with Crippen LogP contribution in [0.5, 0.6) is 0 Å². The Kier molecular flexibility index (Phi) is 5.81. The van der Waals surface area contributed by atoms with Crippen LogP contribution in [0.2, 0.25) is 0 Å². The van der Waals surface area contributed by atoms with E-state index in [4.69, 9.17) is 17.4 Å². The zero-order valence-corrected chi connectivity index (χ0v) is 15.5. The minimum atomic E-state index is -0.804. The summed E-state index contributed by atoms with van der Waals surface area (Å²) in [5, 5.41) is 24.1. The molecular formula is C20H17N3O4S. The molecule has 28 heavy (non-hydrogen) atoms. The van der Waals surface area contributed by atoms with Crippen LogP contribution in [0.4, 0.5) is 0 Å². The van der Waals surface area contributed by atoms with E-state index in [1.54, 1.807) is 36.4 Å². The van der Waals surface area contributed by atoms with Crippen LogP contribution in [0.25, 0.3) is 6.08 Å². The molecule has 2 amide bonds. The van der Waals surface area contributed by atoms with Crippen molar-refractivity contribution in [2.75, 3.05) is 6.54 Å². The van der Waals surface area contributed by atoms with Gasteiger partial charge in [0.1, 0.15) is 6.04 Å². The van der Waals surface area contributed by atoms with Gasteiger partial charge in [0.2, 0.25) is 5.05 Å². The predicted octanol–water partition coefficient (Wildman–Crippen LogP) is 2.12. The van der Waals surface area contributed by atoms with Crippen molar-refractivity contribution >= 4 is 40.9 Å². The van der Waals surface area contributed by atoms with Crippen LogP contribution >= 0.6 is 12.2 Å². The maximum absolute atomic E-state index is 12.5. The highest BCUT2D eigenvalue weighted by Gasteiger charge is 2.41. The molecule has 1 fully saturated rings. The number of hydrogen-bond acceptors (Lipinski definition) is 5. The molecule has 1 unspecified atom stereocenters. The first-order chi connectivity index (χ1) is 13.5. The Morgan fingerprint density at radius 2 is 1.75 bits per heavy atom. The summed E-state index contributed by atoms with van der Waals surface area (Å²) in [6.45, 7) is 0.136. The van der Waals surface area contributed by atoms with E-state index in [1.165, 1.54) is 4.90 Å². The topological polar surface area (TPSA) is 102 Å². The van der Waals surface area contributed by atoms with E-state index < -0.39 is 22.9 Å². The number of amides is 2. The van der Waals surface area contributed by atoms with Crippen molar-refractivity contribution in [1.82, 2.24) is 10.2 Å². The van der Waals surface area contributed by atoms with Gasteiger partial charge in [-0.2, -0.15) is 0 Å². The molecular weight excluding hydrogens is 378 g/mol. The van der Waals surface area contributed by atoms with Crippen molar-refractivity contribution in [2.24, 2.45) is 5.16 Å². The van der Waals surface area contributed by atoms with Gasteiger partial charge in [-0.15, -0.1) is 0 Å². The average Bonchev–Trinajstić information content (AvgIpc) is 2.71. The number of β-lactam (4-membered cyclic amide) rings is 1. The maximum Gasteiger partial charge on any atom is 0.274 e. The lowest BCUT2D eigenvalue weighted by Crippen LogP contribution is -2.64. The lowest BCUT2D eigenvalue weighted by Gasteiger charge is -2.39. The molecule has 1 heterocycles. The van der Waals surface area contributed by atoms with Gasteiger partial charge >= 0.3 is 0 Å². The number of aliphatic hydroxyl groups excluding tert-OH is 1. The smallest absolute Gasteiger partial charge is 0.274 e. The van der Waals surface area contributed by atoms with E-state index in [9.17, 15) is 14.7 Å². The molecule has 3 rings (SSSR count). The van der Waals surface area contributed by atoms with Crippen LogP contribution in [0.15, 0.2) is 71.5 Å². The Morgan fingerprint density at radius 3 is 2.29 bits per heavy atom. The molecule has 7 nitrogen and oxygen atoms in total. The lowest BCUT2D eigenvalue weighted by atomic mass is 10.0. The normalized spacial score (nSPS) is 17.1. The molecule has 1 saturated heterocycles. The summed E-state index contributed by atoms with van der Waals surface area (Å²) in [7, 11) is 0. The van der Waals surface area contributed by atoms with Crippen LogP contribution in [-0.4, -0.2) is 50.4 Å². The van der Waals surface area contributed by atoms with Crippen molar-refractivity contribution in [3.8, 4) is 0 Å². The van der Waals surface area contributed by atoms with Crippen LogP contribution in [0.1, 0.15) is 11.1 Å². The summed E-state index contributed by atoms with van der Waals surface area (Å²) >= 11 is 4.85. The van der Waals surface area contributed by atoms with E-state index in [2.05, 4.69) is 10.5 Å². The molecule has 0 saturated carbocycles. The highest BCUT2D eigenvalue weighted by molar-refractivity contribution is 7.80. The molecule has 1 aliphatic rings. The largest absolute Gasteiger partial charge is 0.497 e. The number of nitrogens with zero attached hydrogens (tertiary/aromatic N) is 2. The second kappa shape index (κ2) is 8.45. The molecule has 142 valence electrons. The Labute approximate surface area is 166 Å². The Balaban J connectivity index is 1.70. The van der Waals surface area contributed by atoms with E-state index >= 15 is 0 Å². The van der Waals surface area contributed by atoms with Gasteiger partial charge in [0, 0.05) is 5.56 Å². The fourth-order valence-corrected chi connectivity index (χ4v) is 2.94. The van der Waals surface area contributed by atoms with Gasteiger partial charge in [0.05, 0.1) is 12.2 Å². The van der Waals surface area contributed by atoms with Gasteiger partial charge in [-0.3, -0.25) is 9.59 Å². The maximum atomic E-state index is 12.5. The van der Waals surface area contributed by atoms with Crippen molar-refractivity contribution < 1.29 is 19.9 Å². The fourth-order valence-electron chi connectivity index (χ4n) is 2.77. The van der Waals surface area contributed by atoms with E-state index in [-0.39, 0.29) is 18.0 Å². The van der Waals surface area contributed by atoms with Gasteiger partial charge in [-0.25, -0.2) is 0 Å². The average molecular weight is 395 g/mol. The van der Waals surface area contributed by atoms with Crippen LogP contribution in [0, 0.1) is 0 Å². The standard InChI is InChI=1S/C20H17N3O4S/c24-18(17(22-27)14-9-5-2-6-10-14)21-15-12-23(19(15)25)16(20(26)28)11-13-7-3-1-4-8-13/h1-11,15,27H,12H2,(H,21,24)(H,26,28). The Bertz CT molecular complexity index is 958. The van der Waals surface area contributed by atoms with Crippen LogP contribution in [-0.2, 0) is 9.59 Å². The highest BCUT2D eigenvalue weighted by atomic mass is 32.1. The molecule has 0 aliphatic carbocycles. The molecule has 3 N–H and O–H groups in total. The number of benzene rings is 2. The van der Waals surface area contributed by atoms with Crippen LogP contribution in [0.3, 0.4) is 0 Å². The summed E-state index contributed by atoms with van der Waals surface area (Å²) in [6.07, 6.45) is 1.60. The third kappa shape index (κ3) is 4.07. The summed E-state index contributed by atoms with van der Waals surface area (Å²) in [6, 6.07) is 16.7. The molecule has 0 radical (unpaired) electrons. The first-order valence-electron chi connectivity index (χ1n) is 8.41. The van der Waals surface area contributed by atoms with E-state index in [0.29, 0.717) is 5.56 Å². The molecule has 1 atom stereocenters. The number of rotatable bonds is 6. The number of nitrogens with one attached hydrogen (secondary N) is 1. The summed E-state index contributed by atoms with van der Waals surface area (Å²) in [5.41, 5.74) is 1.20. The third-order valence-electron chi connectivity index (χ3n) is 4.21. The van der Waals surface area contributed by atoms with E-state index in [0.717, 1.165) is 5.56 Å². The number of likely N-dealkylation sites (tertiary alicyclic amines) is 1. The zero-order chi connectivity index (χ0) is 20.1. The van der Waals surface area contributed by atoms with Crippen LogP contribution < -0.4 is 5.32 Å². The molecule has 1 aliphatic heterocycles. The first kappa shape index (κ1) is 19.2. The van der Waals surface area contributed by atoms with Gasteiger partial charge in [0.25, 0.3) is 11.8 Å². The molecule has 0 aromatic heterocycles. The summed E-state index contributed by atoms with van der Waals surface area (Å²) in [4.78, 5) is 26.1. The second-order valence-corrected chi connectivity index (χ2v) is 6.42. The molecule has 2 aromatic carbocycles. The number of aliphatic hydroxyl groups is 1. The third-order valence-corrected chi connectivity index (χ3v) is 4.42.